The molecule has 0 aromatic heterocycles. The minimum Gasteiger partial charge on any atom is -0.505 e. The fraction of sp³-hybridized carbons (Fsp3) is 0.115. The van der Waals surface area contributed by atoms with Gasteiger partial charge in [-0.2, -0.15) is 13.5 Å². The lowest BCUT2D eigenvalue weighted by Gasteiger charge is -2.14. The van der Waals surface area contributed by atoms with Gasteiger partial charge in [0.1, 0.15) is 16.3 Å². The summed E-state index contributed by atoms with van der Waals surface area (Å²) in [6.07, 6.45) is 0. The topological polar surface area (TPSA) is 138 Å². The third-order valence-corrected chi connectivity index (χ3v) is 7.07. The molecular formula is C26H21Cl2N3O6S. The van der Waals surface area contributed by atoms with E-state index in [4.69, 9.17) is 27.9 Å². The van der Waals surface area contributed by atoms with Crippen molar-refractivity contribution in [1.29, 1.82) is 0 Å². The molecule has 0 fully saturated rings. The zero-order chi connectivity index (χ0) is 27.6. The fourth-order valence-electron chi connectivity index (χ4n) is 3.72. The molecular weight excluding hydrogens is 553 g/mol. The van der Waals surface area contributed by atoms with E-state index in [1.54, 1.807) is 50.2 Å². The number of aromatic hydroxyl groups is 1. The van der Waals surface area contributed by atoms with E-state index in [9.17, 15) is 22.9 Å². The van der Waals surface area contributed by atoms with E-state index in [0.29, 0.717) is 39.4 Å². The number of nitrogens with zero attached hydrogens (tertiary/aromatic N) is 2. The molecule has 0 aliphatic heterocycles. The number of phenolic OH excluding ortho intramolecular Hbond substituents is 1. The van der Waals surface area contributed by atoms with E-state index < -0.39 is 26.7 Å². The number of ether oxygens (including phenoxy) is 1. The number of anilines is 1. The van der Waals surface area contributed by atoms with E-state index in [1.165, 1.54) is 18.2 Å². The predicted octanol–water partition coefficient (Wildman–Crippen LogP) is 7.47. The number of amides is 1. The van der Waals surface area contributed by atoms with E-state index >= 15 is 0 Å². The van der Waals surface area contributed by atoms with Gasteiger partial charge in [0.2, 0.25) is 0 Å². The number of rotatable bonds is 7. The summed E-state index contributed by atoms with van der Waals surface area (Å²) in [5.41, 5.74) is 0.813. The van der Waals surface area contributed by atoms with Crippen molar-refractivity contribution in [3.05, 3.63) is 81.8 Å². The van der Waals surface area contributed by atoms with Gasteiger partial charge in [-0.25, -0.2) is 0 Å². The Bertz CT molecular complexity index is 1710. The molecule has 196 valence electrons. The molecule has 0 heterocycles. The summed E-state index contributed by atoms with van der Waals surface area (Å²) in [5, 5.41) is 23.4. The van der Waals surface area contributed by atoms with Crippen LogP contribution in [0.15, 0.2) is 75.8 Å². The molecule has 0 unspecified atom stereocenters. The van der Waals surface area contributed by atoms with Crippen molar-refractivity contribution in [3.63, 3.8) is 0 Å². The van der Waals surface area contributed by atoms with Crippen LogP contribution in [0.5, 0.6) is 11.5 Å². The molecule has 0 saturated carbocycles. The van der Waals surface area contributed by atoms with Crippen molar-refractivity contribution in [3.8, 4) is 11.5 Å². The van der Waals surface area contributed by atoms with Crippen molar-refractivity contribution in [2.45, 2.75) is 18.7 Å². The lowest BCUT2D eigenvalue weighted by atomic mass is 10.0. The molecule has 0 bridgehead atoms. The number of halogens is 2. The first-order chi connectivity index (χ1) is 18.0. The third-order valence-electron chi connectivity index (χ3n) is 5.52. The number of hydrogen-bond acceptors (Lipinski definition) is 7. The van der Waals surface area contributed by atoms with Gasteiger partial charge in [0.05, 0.1) is 28.6 Å². The van der Waals surface area contributed by atoms with E-state index in [2.05, 4.69) is 15.5 Å². The quantitative estimate of drug-likeness (QED) is 0.155. The first kappa shape index (κ1) is 27.3. The van der Waals surface area contributed by atoms with Crippen LogP contribution in [0, 0.1) is 6.92 Å². The molecule has 0 radical (unpaired) electrons. The lowest BCUT2D eigenvalue weighted by molar-refractivity contribution is 0.102. The maximum atomic E-state index is 13.3. The van der Waals surface area contributed by atoms with Gasteiger partial charge < -0.3 is 15.2 Å². The first-order valence-electron chi connectivity index (χ1n) is 11.2. The number of azo groups is 1. The van der Waals surface area contributed by atoms with Gasteiger partial charge in [0.25, 0.3) is 16.0 Å². The highest BCUT2D eigenvalue weighted by atomic mass is 35.5. The minimum atomic E-state index is -4.53. The monoisotopic (exact) mass is 573 g/mol. The summed E-state index contributed by atoms with van der Waals surface area (Å²) in [5.74, 6) is -0.654. The third kappa shape index (κ3) is 5.73. The Balaban J connectivity index is 1.79. The lowest BCUT2D eigenvalue weighted by Crippen LogP contribution is -2.13. The molecule has 0 aliphatic carbocycles. The summed E-state index contributed by atoms with van der Waals surface area (Å²) >= 11 is 12.1. The van der Waals surface area contributed by atoms with Gasteiger partial charge in [-0.05, 0) is 61.2 Å². The number of fused-ring (bicyclic) bond motifs is 1. The first-order valence-corrected chi connectivity index (χ1v) is 13.4. The molecule has 12 heteroatoms. The highest BCUT2D eigenvalue weighted by Gasteiger charge is 2.21. The molecule has 4 aromatic rings. The summed E-state index contributed by atoms with van der Waals surface area (Å²) < 4.78 is 38.0. The molecule has 0 spiro atoms. The Hall–Kier alpha value is -3.70. The second-order valence-electron chi connectivity index (χ2n) is 8.11. The van der Waals surface area contributed by atoms with Crippen LogP contribution in [0.1, 0.15) is 22.8 Å². The van der Waals surface area contributed by atoms with Crippen LogP contribution in [0.4, 0.5) is 17.1 Å². The molecule has 3 N–H and O–H groups in total. The smallest absolute Gasteiger partial charge is 0.296 e. The van der Waals surface area contributed by atoms with E-state index in [-0.39, 0.29) is 22.0 Å². The summed E-state index contributed by atoms with van der Waals surface area (Å²) in [7, 11) is -4.53. The van der Waals surface area contributed by atoms with Crippen molar-refractivity contribution < 1.29 is 27.6 Å². The number of hydrogen-bond donors (Lipinski definition) is 3. The summed E-state index contributed by atoms with van der Waals surface area (Å²) in [4.78, 5) is 12.8. The number of aryl methyl sites for hydroxylation is 1. The van der Waals surface area contributed by atoms with Crippen molar-refractivity contribution >= 4 is 67.1 Å². The van der Waals surface area contributed by atoms with Gasteiger partial charge in [0.15, 0.2) is 5.75 Å². The second kappa shape index (κ2) is 11.0. The molecule has 9 nitrogen and oxygen atoms in total. The highest BCUT2D eigenvalue weighted by molar-refractivity contribution is 7.86. The number of nitrogens with one attached hydrogen (secondary N) is 1. The standard InChI is InChI=1S/C26H21Cl2N3O6S/c1-3-37-22-9-8-16(27)12-21(22)29-26(33)18-11-15-6-4-5-7-17(15)24(25(18)32)31-30-20-13-19(28)23(10-14(20)2)38(34,35)36/h4-13,32H,3H2,1-2H3,(H,29,33)(H,34,35,36). The largest absolute Gasteiger partial charge is 0.505 e. The average Bonchev–Trinajstić information content (AvgIpc) is 2.85. The molecule has 38 heavy (non-hydrogen) atoms. The normalized spacial score (nSPS) is 11.7. The summed E-state index contributed by atoms with van der Waals surface area (Å²) in [6.45, 7) is 3.73. The number of benzene rings is 4. The van der Waals surface area contributed by atoms with Crippen LogP contribution in [-0.2, 0) is 10.1 Å². The van der Waals surface area contributed by atoms with Gasteiger partial charge in [-0.3, -0.25) is 9.35 Å². The predicted molar refractivity (Wildman–Crippen MR) is 146 cm³/mol. The van der Waals surface area contributed by atoms with Crippen LogP contribution < -0.4 is 10.1 Å². The average molecular weight is 574 g/mol. The number of carbonyl (C=O) groups excluding carboxylic acids is 1. The summed E-state index contributed by atoms with van der Waals surface area (Å²) in [6, 6.07) is 15.7. The Morgan fingerprint density at radius 2 is 1.79 bits per heavy atom. The zero-order valence-corrected chi connectivity index (χ0v) is 22.4. The van der Waals surface area contributed by atoms with Gasteiger partial charge in [-0.15, -0.1) is 5.11 Å². The molecule has 4 aromatic carbocycles. The Morgan fingerprint density at radius 1 is 1.05 bits per heavy atom. The molecule has 1 amide bonds. The second-order valence-corrected chi connectivity index (χ2v) is 10.3. The maximum absolute atomic E-state index is 13.3. The molecule has 0 saturated heterocycles. The molecule has 0 atom stereocenters. The number of carbonyl (C=O) groups is 1. The van der Waals surface area contributed by atoms with Crippen molar-refractivity contribution in [1.82, 2.24) is 0 Å². The van der Waals surface area contributed by atoms with Crippen molar-refractivity contribution in [2.24, 2.45) is 10.2 Å². The Labute approximate surface area is 228 Å². The van der Waals surface area contributed by atoms with E-state index in [1.807, 2.05) is 0 Å². The van der Waals surface area contributed by atoms with Gasteiger partial charge in [0, 0.05) is 10.4 Å². The SMILES string of the molecule is CCOc1ccc(Cl)cc1NC(=O)c1cc2ccccc2c(N=Nc2cc(Cl)c(S(=O)(=O)O)cc2C)c1O. The Kier molecular flexibility index (Phi) is 7.89. The minimum absolute atomic E-state index is 0.0127. The van der Waals surface area contributed by atoms with Crippen LogP contribution in [0.25, 0.3) is 10.8 Å². The fourth-order valence-corrected chi connectivity index (χ4v) is 4.97. The van der Waals surface area contributed by atoms with Crippen LogP contribution in [0.2, 0.25) is 10.0 Å². The van der Waals surface area contributed by atoms with Crippen molar-refractivity contribution in [2.75, 3.05) is 11.9 Å². The van der Waals surface area contributed by atoms with Crippen LogP contribution in [0.3, 0.4) is 0 Å². The van der Waals surface area contributed by atoms with E-state index in [0.717, 1.165) is 6.07 Å². The van der Waals surface area contributed by atoms with Crippen LogP contribution >= 0.6 is 23.2 Å². The van der Waals surface area contributed by atoms with Gasteiger partial charge >= 0.3 is 0 Å². The van der Waals surface area contributed by atoms with Crippen LogP contribution in [-0.4, -0.2) is 30.6 Å². The number of phenols is 1. The molecule has 4 rings (SSSR count). The maximum Gasteiger partial charge on any atom is 0.296 e. The zero-order valence-electron chi connectivity index (χ0n) is 20.1. The Morgan fingerprint density at radius 3 is 2.50 bits per heavy atom. The highest BCUT2D eigenvalue weighted by Crippen LogP contribution is 2.41. The molecule has 0 aliphatic rings. The van der Waals surface area contributed by atoms with Gasteiger partial charge in [-0.1, -0.05) is 47.5 Å².